The normalized spacial score (nSPS) is 10.4. The Bertz CT molecular complexity index is 907. The first-order valence-corrected chi connectivity index (χ1v) is 11.2. The number of nitrogens with one attached hydrogen (secondary N) is 2. The molecule has 0 radical (unpaired) electrons. The Kier molecular flexibility index (Phi) is 13.0. The molecule has 0 saturated carbocycles. The van der Waals surface area contributed by atoms with E-state index in [1.165, 1.54) is 19.2 Å². The van der Waals surface area contributed by atoms with E-state index in [0.29, 0.717) is 34.3 Å². The minimum absolute atomic E-state index is 0. The molecule has 0 saturated heterocycles. The van der Waals surface area contributed by atoms with E-state index in [-0.39, 0.29) is 29.9 Å². The number of carbonyl (C=O) groups excluding carboxylic acids is 2. The molecule has 7 nitrogen and oxygen atoms in total. The van der Waals surface area contributed by atoms with Gasteiger partial charge in [-0.2, -0.15) is 0 Å². The van der Waals surface area contributed by atoms with Gasteiger partial charge in [-0.1, -0.05) is 37.0 Å². The van der Waals surface area contributed by atoms with Gasteiger partial charge in [0.1, 0.15) is 11.5 Å². The molecule has 0 aliphatic rings. The first kappa shape index (κ1) is 28.8. The first-order chi connectivity index (χ1) is 15.4. The Balaban J connectivity index is 0.00000544. The number of hydrogen-bond acceptors (Lipinski definition) is 5. The largest absolute Gasteiger partial charge is 0.496 e. The molecule has 2 rings (SSSR count). The number of anilines is 1. The highest BCUT2D eigenvalue weighted by atomic mass is 35.5. The molecule has 2 amide bonds. The molecule has 0 aliphatic heterocycles. The second kappa shape index (κ2) is 14.9. The minimum atomic E-state index is -0.405. The number of amides is 2. The molecule has 0 atom stereocenters. The molecule has 0 aliphatic carbocycles. The number of carbonyl (C=O) groups is 2. The Hall–Kier alpha value is -2.19. The molecule has 0 spiro atoms. The molecule has 0 aromatic heterocycles. The molecular formula is C23H30Cl3N3O4. The summed E-state index contributed by atoms with van der Waals surface area (Å²) in [5.41, 5.74) is 0.627. The van der Waals surface area contributed by atoms with Crippen molar-refractivity contribution in [2.24, 2.45) is 0 Å². The monoisotopic (exact) mass is 517 g/mol. The van der Waals surface area contributed by atoms with Gasteiger partial charge in [0.2, 0.25) is 0 Å². The van der Waals surface area contributed by atoms with Crippen LogP contribution in [0.4, 0.5) is 5.69 Å². The van der Waals surface area contributed by atoms with Gasteiger partial charge in [-0.25, -0.2) is 0 Å². The molecule has 2 aromatic rings. The predicted octanol–water partition coefficient (Wildman–Crippen LogP) is 4.90. The summed E-state index contributed by atoms with van der Waals surface area (Å²) in [6.07, 6.45) is 0.839. The van der Waals surface area contributed by atoms with E-state index in [1.807, 2.05) is 0 Å². The van der Waals surface area contributed by atoms with E-state index in [2.05, 4.69) is 29.4 Å². The minimum Gasteiger partial charge on any atom is -0.496 e. The van der Waals surface area contributed by atoms with E-state index in [1.54, 1.807) is 24.3 Å². The molecule has 0 fully saturated rings. The SMILES string of the molecule is CCN(CC)CCCNC(=O)c1cc(Cl)c(NC(=O)COc2ccc(Cl)cc2)cc1OC.Cl. The van der Waals surface area contributed by atoms with Gasteiger partial charge in [-0.05, 0) is 56.4 Å². The average Bonchev–Trinajstić information content (AvgIpc) is 2.79. The molecule has 33 heavy (non-hydrogen) atoms. The van der Waals surface area contributed by atoms with Gasteiger partial charge in [-0.15, -0.1) is 12.4 Å². The summed E-state index contributed by atoms with van der Waals surface area (Å²) in [6.45, 7) is 7.41. The van der Waals surface area contributed by atoms with E-state index in [9.17, 15) is 9.59 Å². The fourth-order valence-electron chi connectivity index (χ4n) is 3.00. The second-order valence-electron chi connectivity index (χ2n) is 6.96. The lowest BCUT2D eigenvalue weighted by Crippen LogP contribution is -2.30. The summed E-state index contributed by atoms with van der Waals surface area (Å²) in [5.74, 6) is 0.135. The number of hydrogen-bond donors (Lipinski definition) is 2. The summed E-state index contributed by atoms with van der Waals surface area (Å²) in [5, 5.41) is 6.36. The highest BCUT2D eigenvalue weighted by molar-refractivity contribution is 6.34. The number of nitrogens with zero attached hydrogens (tertiary/aromatic N) is 1. The van der Waals surface area contributed by atoms with Crippen LogP contribution in [0.2, 0.25) is 10.0 Å². The molecule has 182 valence electrons. The molecule has 10 heteroatoms. The van der Waals surface area contributed by atoms with Gasteiger partial charge in [0, 0.05) is 17.6 Å². The third kappa shape index (κ3) is 9.29. The van der Waals surface area contributed by atoms with Crippen molar-refractivity contribution in [1.82, 2.24) is 10.2 Å². The second-order valence-corrected chi connectivity index (χ2v) is 7.80. The maximum absolute atomic E-state index is 12.6. The number of ether oxygens (including phenoxy) is 2. The summed E-state index contributed by atoms with van der Waals surface area (Å²) in [4.78, 5) is 27.1. The van der Waals surface area contributed by atoms with Crippen molar-refractivity contribution in [2.45, 2.75) is 20.3 Å². The molecule has 2 N–H and O–H groups in total. The van der Waals surface area contributed by atoms with Crippen molar-refractivity contribution in [2.75, 3.05) is 45.2 Å². The Morgan fingerprint density at radius 3 is 2.33 bits per heavy atom. The van der Waals surface area contributed by atoms with Crippen LogP contribution in [0.25, 0.3) is 0 Å². The van der Waals surface area contributed by atoms with E-state index >= 15 is 0 Å². The Morgan fingerprint density at radius 1 is 1.06 bits per heavy atom. The number of halogens is 3. The van der Waals surface area contributed by atoms with Crippen LogP contribution in [0.3, 0.4) is 0 Å². The lowest BCUT2D eigenvalue weighted by Gasteiger charge is -2.18. The number of methoxy groups -OCH3 is 1. The van der Waals surface area contributed by atoms with Crippen molar-refractivity contribution < 1.29 is 19.1 Å². The van der Waals surface area contributed by atoms with Gasteiger partial charge in [-0.3, -0.25) is 9.59 Å². The van der Waals surface area contributed by atoms with Crippen molar-refractivity contribution in [3.63, 3.8) is 0 Å². The Morgan fingerprint density at radius 2 is 1.73 bits per heavy atom. The van der Waals surface area contributed by atoms with Gasteiger partial charge in [0.25, 0.3) is 11.8 Å². The lowest BCUT2D eigenvalue weighted by atomic mass is 10.1. The van der Waals surface area contributed by atoms with Crippen molar-refractivity contribution in [3.8, 4) is 11.5 Å². The average molecular weight is 519 g/mol. The van der Waals surface area contributed by atoms with Gasteiger partial charge in [0.15, 0.2) is 6.61 Å². The standard InChI is InChI=1S/C23H29Cl2N3O4.ClH/c1-4-28(5-2)12-6-11-26-23(30)18-13-19(25)20(14-21(18)31-3)27-22(29)15-32-17-9-7-16(24)8-10-17;/h7-10,13-14H,4-6,11-12,15H2,1-3H3,(H,26,30)(H,27,29);1H. The van der Waals surface area contributed by atoms with Crippen LogP contribution >= 0.6 is 35.6 Å². The van der Waals surface area contributed by atoms with Crippen LogP contribution < -0.4 is 20.1 Å². The first-order valence-electron chi connectivity index (χ1n) is 10.4. The third-order valence-corrected chi connectivity index (χ3v) is 5.39. The molecule has 0 heterocycles. The van der Waals surface area contributed by atoms with Crippen LogP contribution in [0, 0.1) is 0 Å². The summed E-state index contributed by atoms with van der Waals surface area (Å²) < 4.78 is 10.8. The van der Waals surface area contributed by atoms with Crippen LogP contribution in [-0.2, 0) is 4.79 Å². The maximum Gasteiger partial charge on any atom is 0.262 e. The Labute approximate surface area is 211 Å². The summed E-state index contributed by atoms with van der Waals surface area (Å²) in [6, 6.07) is 9.68. The predicted molar refractivity (Wildman–Crippen MR) is 136 cm³/mol. The van der Waals surface area contributed by atoms with E-state index in [0.717, 1.165) is 26.1 Å². The zero-order chi connectivity index (χ0) is 23.5. The fraction of sp³-hybridized carbons (Fsp3) is 0.391. The van der Waals surface area contributed by atoms with E-state index < -0.39 is 5.91 Å². The maximum atomic E-state index is 12.6. The van der Waals surface area contributed by atoms with Gasteiger partial charge < -0.3 is 25.0 Å². The molecule has 2 aromatic carbocycles. The van der Waals surface area contributed by atoms with E-state index in [4.69, 9.17) is 32.7 Å². The highest BCUT2D eigenvalue weighted by Crippen LogP contribution is 2.31. The number of rotatable bonds is 12. The smallest absolute Gasteiger partial charge is 0.262 e. The lowest BCUT2D eigenvalue weighted by molar-refractivity contribution is -0.118. The van der Waals surface area contributed by atoms with Gasteiger partial charge in [0.05, 0.1) is 23.4 Å². The quantitative estimate of drug-likeness (QED) is 0.391. The fourth-order valence-corrected chi connectivity index (χ4v) is 3.34. The van der Waals surface area contributed by atoms with Crippen LogP contribution in [-0.4, -0.2) is 56.6 Å². The van der Waals surface area contributed by atoms with Gasteiger partial charge >= 0.3 is 0 Å². The molecular weight excluding hydrogens is 489 g/mol. The van der Waals surface area contributed by atoms with Crippen molar-refractivity contribution in [1.29, 1.82) is 0 Å². The third-order valence-electron chi connectivity index (χ3n) is 4.82. The van der Waals surface area contributed by atoms with Crippen LogP contribution in [0.1, 0.15) is 30.6 Å². The zero-order valence-electron chi connectivity index (χ0n) is 19.0. The summed E-state index contributed by atoms with van der Waals surface area (Å²) in [7, 11) is 1.45. The number of benzene rings is 2. The summed E-state index contributed by atoms with van der Waals surface area (Å²) >= 11 is 12.1. The van der Waals surface area contributed by atoms with Crippen molar-refractivity contribution >= 4 is 53.1 Å². The van der Waals surface area contributed by atoms with Crippen molar-refractivity contribution in [3.05, 3.63) is 52.0 Å². The zero-order valence-corrected chi connectivity index (χ0v) is 21.3. The topological polar surface area (TPSA) is 79.9 Å². The van der Waals surface area contributed by atoms with Crippen LogP contribution in [0.15, 0.2) is 36.4 Å². The molecule has 0 unspecified atom stereocenters. The molecule has 0 bridgehead atoms. The van der Waals surface area contributed by atoms with Crippen LogP contribution in [0.5, 0.6) is 11.5 Å². The highest BCUT2D eigenvalue weighted by Gasteiger charge is 2.17.